The first-order chi connectivity index (χ1) is 13.9. The number of nitrogens with one attached hydrogen (secondary N) is 1. The number of methoxy groups -OCH3 is 2. The zero-order valence-electron chi connectivity index (χ0n) is 17.3. The third-order valence-electron chi connectivity index (χ3n) is 4.62. The Kier molecular flexibility index (Phi) is 6.16. The summed E-state index contributed by atoms with van der Waals surface area (Å²) in [5.74, 6) is 1.96. The molecule has 3 aromatic rings. The van der Waals surface area contributed by atoms with E-state index >= 15 is 0 Å². The van der Waals surface area contributed by atoms with Crippen molar-refractivity contribution >= 4 is 11.6 Å². The molecule has 0 saturated carbocycles. The van der Waals surface area contributed by atoms with E-state index in [4.69, 9.17) is 14.0 Å². The van der Waals surface area contributed by atoms with Gasteiger partial charge in [0.1, 0.15) is 0 Å². The first-order valence-electron chi connectivity index (χ1n) is 9.34. The monoisotopic (exact) mass is 395 g/mol. The van der Waals surface area contributed by atoms with Crippen molar-refractivity contribution in [2.45, 2.75) is 33.6 Å². The standard InChI is InChI=1S/C22H25N3O4/c1-13-10-14(2)21(15(3)11-13)23-19(26)8-9-20-24-22(25-29-20)16-6-7-17(27-4)18(12-16)28-5/h6-7,10-12H,8-9H2,1-5H3,(H,23,26). The molecule has 1 N–H and O–H groups in total. The van der Waals surface area contributed by atoms with Crippen LogP contribution in [0.15, 0.2) is 34.9 Å². The van der Waals surface area contributed by atoms with E-state index < -0.39 is 0 Å². The lowest BCUT2D eigenvalue weighted by molar-refractivity contribution is -0.116. The molecule has 0 aliphatic carbocycles. The minimum Gasteiger partial charge on any atom is -0.493 e. The number of amides is 1. The average Bonchev–Trinajstić information content (AvgIpc) is 3.17. The molecular formula is C22H25N3O4. The number of nitrogens with zero attached hydrogens (tertiary/aromatic N) is 2. The zero-order valence-corrected chi connectivity index (χ0v) is 17.3. The maximum Gasteiger partial charge on any atom is 0.227 e. The Labute approximate surface area is 170 Å². The molecule has 0 radical (unpaired) electrons. The molecule has 7 nitrogen and oxygen atoms in total. The number of carbonyl (C=O) groups is 1. The molecule has 1 aromatic heterocycles. The number of benzene rings is 2. The second-order valence-corrected chi connectivity index (χ2v) is 6.90. The molecule has 3 rings (SSSR count). The van der Waals surface area contributed by atoms with Crippen molar-refractivity contribution in [1.29, 1.82) is 0 Å². The SMILES string of the molecule is COc1ccc(-c2noc(CCC(=O)Nc3c(C)cc(C)cc3C)n2)cc1OC. The van der Waals surface area contributed by atoms with Gasteiger partial charge in [-0.25, -0.2) is 0 Å². The molecule has 0 fully saturated rings. The fourth-order valence-electron chi connectivity index (χ4n) is 3.25. The van der Waals surface area contributed by atoms with Gasteiger partial charge in [-0.2, -0.15) is 4.98 Å². The molecule has 152 valence electrons. The number of hydrogen-bond donors (Lipinski definition) is 1. The lowest BCUT2D eigenvalue weighted by Crippen LogP contribution is -2.14. The number of hydrogen-bond acceptors (Lipinski definition) is 6. The Morgan fingerprint density at radius 1 is 1.03 bits per heavy atom. The molecule has 29 heavy (non-hydrogen) atoms. The fraction of sp³-hybridized carbons (Fsp3) is 0.318. The molecule has 0 atom stereocenters. The van der Waals surface area contributed by atoms with Gasteiger partial charge in [-0.05, 0) is 50.1 Å². The van der Waals surface area contributed by atoms with Gasteiger partial charge in [0.25, 0.3) is 0 Å². The Hall–Kier alpha value is -3.35. The van der Waals surface area contributed by atoms with Gasteiger partial charge in [0.15, 0.2) is 11.5 Å². The smallest absolute Gasteiger partial charge is 0.227 e. The molecule has 0 spiro atoms. The van der Waals surface area contributed by atoms with E-state index in [1.54, 1.807) is 26.4 Å². The minimum atomic E-state index is -0.0917. The lowest BCUT2D eigenvalue weighted by Gasteiger charge is -2.12. The van der Waals surface area contributed by atoms with Crippen LogP contribution in [0.5, 0.6) is 11.5 Å². The maximum atomic E-state index is 12.4. The number of aryl methyl sites for hydroxylation is 4. The van der Waals surface area contributed by atoms with Crippen LogP contribution in [-0.2, 0) is 11.2 Å². The molecule has 0 unspecified atom stereocenters. The van der Waals surface area contributed by atoms with Crippen LogP contribution in [0.2, 0.25) is 0 Å². The normalized spacial score (nSPS) is 10.7. The van der Waals surface area contributed by atoms with Gasteiger partial charge in [-0.1, -0.05) is 22.9 Å². The van der Waals surface area contributed by atoms with E-state index in [9.17, 15) is 4.79 Å². The summed E-state index contributed by atoms with van der Waals surface area (Å²) in [7, 11) is 3.15. The Balaban J connectivity index is 1.64. The zero-order chi connectivity index (χ0) is 21.0. The van der Waals surface area contributed by atoms with Crippen LogP contribution in [0.3, 0.4) is 0 Å². The number of rotatable bonds is 7. The van der Waals surface area contributed by atoms with Crippen LogP contribution in [0, 0.1) is 20.8 Å². The summed E-state index contributed by atoms with van der Waals surface area (Å²) in [5, 5.41) is 6.99. The number of carbonyl (C=O) groups excluding carboxylic acids is 1. The minimum absolute atomic E-state index is 0.0917. The van der Waals surface area contributed by atoms with Crippen LogP contribution in [-0.4, -0.2) is 30.3 Å². The van der Waals surface area contributed by atoms with Crippen molar-refractivity contribution < 1.29 is 18.8 Å². The van der Waals surface area contributed by atoms with Crippen molar-refractivity contribution in [3.8, 4) is 22.9 Å². The van der Waals surface area contributed by atoms with Crippen molar-refractivity contribution in [2.24, 2.45) is 0 Å². The molecule has 1 heterocycles. The third-order valence-corrected chi connectivity index (χ3v) is 4.62. The second kappa shape index (κ2) is 8.77. The van der Waals surface area contributed by atoms with Gasteiger partial charge in [0.05, 0.1) is 14.2 Å². The van der Waals surface area contributed by atoms with E-state index in [0.29, 0.717) is 29.6 Å². The lowest BCUT2D eigenvalue weighted by atomic mass is 10.0. The number of ether oxygens (including phenoxy) is 2. The second-order valence-electron chi connectivity index (χ2n) is 6.90. The van der Waals surface area contributed by atoms with Crippen molar-refractivity contribution in [1.82, 2.24) is 10.1 Å². The molecule has 7 heteroatoms. The molecule has 0 bridgehead atoms. The molecule has 0 aliphatic rings. The Bertz CT molecular complexity index is 1000. The highest BCUT2D eigenvalue weighted by Gasteiger charge is 2.14. The van der Waals surface area contributed by atoms with Crippen LogP contribution < -0.4 is 14.8 Å². The highest BCUT2D eigenvalue weighted by molar-refractivity contribution is 5.92. The first kappa shape index (κ1) is 20.4. The summed E-state index contributed by atoms with van der Waals surface area (Å²) in [5.41, 5.74) is 4.87. The van der Waals surface area contributed by atoms with E-state index in [1.807, 2.05) is 26.8 Å². The average molecular weight is 395 g/mol. The number of aromatic nitrogens is 2. The van der Waals surface area contributed by atoms with Gasteiger partial charge < -0.3 is 19.3 Å². The van der Waals surface area contributed by atoms with Crippen LogP contribution in [0.25, 0.3) is 11.4 Å². The van der Waals surface area contributed by atoms with Gasteiger partial charge in [-0.3, -0.25) is 4.79 Å². The predicted octanol–water partition coefficient (Wildman–Crippen LogP) is 4.25. The summed E-state index contributed by atoms with van der Waals surface area (Å²) in [6, 6.07) is 9.49. The number of anilines is 1. The van der Waals surface area contributed by atoms with Gasteiger partial charge in [0, 0.05) is 24.1 Å². The summed E-state index contributed by atoms with van der Waals surface area (Å²) in [6.45, 7) is 6.02. The fourth-order valence-corrected chi connectivity index (χ4v) is 3.25. The summed E-state index contributed by atoms with van der Waals surface area (Å²) >= 11 is 0. The molecular weight excluding hydrogens is 370 g/mol. The quantitative estimate of drug-likeness (QED) is 0.644. The van der Waals surface area contributed by atoms with E-state index in [0.717, 1.165) is 22.4 Å². The van der Waals surface area contributed by atoms with Crippen molar-refractivity contribution in [3.63, 3.8) is 0 Å². The molecule has 0 saturated heterocycles. The highest BCUT2D eigenvalue weighted by Crippen LogP contribution is 2.31. The maximum absolute atomic E-state index is 12.4. The van der Waals surface area contributed by atoms with Crippen LogP contribution in [0.1, 0.15) is 29.0 Å². The Morgan fingerprint density at radius 2 is 1.72 bits per heavy atom. The summed E-state index contributed by atoms with van der Waals surface area (Å²) in [4.78, 5) is 16.8. The van der Waals surface area contributed by atoms with E-state index in [1.165, 1.54) is 5.56 Å². The molecule has 2 aromatic carbocycles. The Morgan fingerprint density at radius 3 is 2.38 bits per heavy atom. The van der Waals surface area contributed by atoms with E-state index in [2.05, 4.69) is 27.6 Å². The third kappa shape index (κ3) is 4.74. The van der Waals surface area contributed by atoms with Gasteiger partial charge >= 0.3 is 0 Å². The van der Waals surface area contributed by atoms with Crippen molar-refractivity contribution in [2.75, 3.05) is 19.5 Å². The van der Waals surface area contributed by atoms with Crippen molar-refractivity contribution in [3.05, 3.63) is 52.9 Å². The van der Waals surface area contributed by atoms with E-state index in [-0.39, 0.29) is 12.3 Å². The molecule has 1 amide bonds. The van der Waals surface area contributed by atoms with Gasteiger partial charge in [0.2, 0.25) is 17.6 Å². The first-order valence-corrected chi connectivity index (χ1v) is 9.34. The topological polar surface area (TPSA) is 86.5 Å². The highest BCUT2D eigenvalue weighted by atomic mass is 16.5. The largest absolute Gasteiger partial charge is 0.493 e. The molecule has 0 aliphatic heterocycles. The van der Waals surface area contributed by atoms with Gasteiger partial charge in [-0.15, -0.1) is 0 Å². The van der Waals surface area contributed by atoms with Crippen LogP contribution >= 0.6 is 0 Å². The summed E-state index contributed by atoms with van der Waals surface area (Å²) in [6.07, 6.45) is 0.608. The van der Waals surface area contributed by atoms with Crippen LogP contribution in [0.4, 0.5) is 5.69 Å². The summed E-state index contributed by atoms with van der Waals surface area (Å²) < 4.78 is 15.8. The predicted molar refractivity (Wildman–Crippen MR) is 110 cm³/mol.